The number of hydrogen-bond donors (Lipinski definition) is 0. The summed E-state index contributed by atoms with van der Waals surface area (Å²) < 4.78 is 0. The van der Waals surface area contributed by atoms with Gasteiger partial charge in [-0.1, -0.05) is 74.5 Å². The van der Waals surface area contributed by atoms with E-state index in [4.69, 9.17) is 0 Å². The number of hydrogen-bond acceptors (Lipinski definition) is 3. The van der Waals surface area contributed by atoms with Crippen molar-refractivity contribution in [1.82, 2.24) is 14.7 Å². The molecule has 0 aliphatic carbocycles. The molecule has 0 radical (unpaired) electrons. The van der Waals surface area contributed by atoms with Crippen molar-refractivity contribution in [3.8, 4) is 0 Å². The van der Waals surface area contributed by atoms with E-state index >= 15 is 0 Å². The van der Waals surface area contributed by atoms with Gasteiger partial charge in [-0.05, 0) is 68.4 Å². The van der Waals surface area contributed by atoms with Gasteiger partial charge in [0, 0.05) is 33.1 Å². The van der Waals surface area contributed by atoms with Crippen molar-refractivity contribution in [2.24, 2.45) is 11.8 Å². The fourth-order valence-electron chi connectivity index (χ4n) is 4.81. The monoisotopic (exact) mass is 449 g/mol. The smallest absolute Gasteiger partial charge is 0.219 e. The van der Waals surface area contributed by atoms with E-state index in [2.05, 4.69) is 89.2 Å². The first kappa shape index (κ1) is 25.5. The number of nitrogens with zero attached hydrogens (tertiary/aromatic N) is 3. The summed E-state index contributed by atoms with van der Waals surface area (Å²) in [6, 6.07) is 21.6. The third-order valence-corrected chi connectivity index (χ3v) is 6.83. The lowest BCUT2D eigenvalue weighted by Gasteiger charge is -2.32. The van der Waals surface area contributed by atoms with Gasteiger partial charge >= 0.3 is 0 Å². The first-order chi connectivity index (χ1) is 16.0. The quantitative estimate of drug-likeness (QED) is 0.634. The number of rotatable bonds is 4. The molecule has 2 atom stereocenters. The van der Waals surface area contributed by atoms with Crippen LogP contribution in [0.15, 0.2) is 60.7 Å². The highest BCUT2D eigenvalue weighted by Gasteiger charge is 2.19. The average molecular weight is 450 g/mol. The molecule has 0 N–H and O–H groups in total. The molecule has 1 saturated heterocycles. The third kappa shape index (κ3) is 9.30. The van der Waals surface area contributed by atoms with Crippen molar-refractivity contribution in [2.45, 2.75) is 53.1 Å². The van der Waals surface area contributed by atoms with Gasteiger partial charge in [-0.25, -0.2) is 0 Å². The van der Waals surface area contributed by atoms with Crippen LogP contribution in [0.2, 0.25) is 0 Å². The summed E-state index contributed by atoms with van der Waals surface area (Å²) in [5.41, 5.74) is 2.76. The number of carbonyl (C=O) groups excluding carboxylic acids is 1. The second kappa shape index (κ2) is 13.5. The summed E-state index contributed by atoms with van der Waals surface area (Å²) in [5.74, 6) is 1.23. The zero-order valence-corrected chi connectivity index (χ0v) is 21.0. The van der Waals surface area contributed by atoms with Crippen molar-refractivity contribution in [1.29, 1.82) is 0 Å². The van der Waals surface area contributed by atoms with Crippen molar-refractivity contribution >= 4 is 5.91 Å². The molecule has 1 amide bonds. The maximum absolute atomic E-state index is 12.3. The Hall–Kier alpha value is -2.17. The zero-order chi connectivity index (χ0) is 23.5. The Labute approximate surface area is 201 Å². The van der Waals surface area contributed by atoms with Gasteiger partial charge < -0.3 is 4.90 Å². The second-order valence-corrected chi connectivity index (χ2v) is 10.1. The number of carbonyl (C=O) groups is 1. The van der Waals surface area contributed by atoms with Crippen LogP contribution in [-0.2, 0) is 17.9 Å². The molecule has 2 aromatic rings. The molecule has 1 fully saturated rings. The summed E-state index contributed by atoms with van der Waals surface area (Å²) in [5, 5.41) is 0. The molecule has 4 nitrogen and oxygen atoms in total. The van der Waals surface area contributed by atoms with E-state index < -0.39 is 0 Å². The Balaban J connectivity index is 1.70. The Kier molecular flexibility index (Phi) is 10.4. The molecule has 2 aromatic carbocycles. The maximum Gasteiger partial charge on any atom is 0.219 e. The summed E-state index contributed by atoms with van der Waals surface area (Å²) in [4.78, 5) is 19.7. The van der Waals surface area contributed by atoms with E-state index in [9.17, 15) is 4.79 Å². The van der Waals surface area contributed by atoms with Gasteiger partial charge in [0.1, 0.15) is 0 Å². The fourth-order valence-corrected chi connectivity index (χ4v) is 4.81. The molecule has 1 aliphatic heterocycles. The molecular formula is C29H43N3O. The van der Waals surface area contributed by atoms with E-state index in [-0.39, 0.29) is 5.91 Å². The summed E-state index contributed by atoms with van der Waals surface area (Å²) in [6.45, 7) is 14.4. The zero-order valence-electron chi connectivity index (χ0n) is 21.0. The first-order valence-electron chi connectivity index (χ1n) is 12.8. The molecule has 180 valence electrons. The maximum atomic E-state index is 12.3. The van der Waals surface area contributed by atoms with Crippen molar-refractivity contribution in [2.75, 3.05) is 39.3 Å². The largest absolute Gasteiger partial charge is 0.342 e. The van der Waals surface area contributed by atoms with Crippen molar-refractivity contribution < 1.29 is 4.79 Å². The lowest BCUT2D eigenvalue weighted by atomic mass is 10.0. The summed E-state index contributed by atoms with van der Waals surface area (Å²) >= 11 is 0. The standard InChI is InChI=1S/C29H43N3O/c1-25-15-19-30(23-28-11-6-4-7-12-28)17-10-18-31(24-29-13-8-5-9-14-29)20-16-26(2)22-32(21-25)27(3)33/h4-9,11-14,25-26H,10,15-24H2,1-3H3. The van der Waals surface area contributed by atoms with E-state index in [1.165, 1.54) is 17.5 Å². The average Bonchev–Trinajstić information content (AvgIpc) is 2.81. The van der Waals surface area contributed by atoms with Crippen molar-refractivity contribution in [3.63, 3.8) is 0 Å². The molecule has 0 aromatic heterocycles. The van der Waals surface area contributed by atoms with Crippen molar-refractivity contribution in [3.05, 3.63) is 71.8 Å². The highest BCUT2D eigenvalue weighted by molar-refractivity contribution is 5.73. The Morgan fingerprint density at radius 1 is 0.727 bits per heavy atom. The van der Waals surface area contributed by atoms with Crippen LogP contribution in [0, 0.1) is 11.8 Å². The van der Waals surface area contributed by atoms with Gasteiger partial charge in [0.2, 0.25) is 5.91 Å². The topological polar surface area (TPSA) is 26.8 Å². The molecule has 1 heterocycles. The Morgan fingerprint density at radius 2 is 1.15 bits per heavy atom. The predicted octanol–water partition coefficient (Wildman–Crippen LogP) is 5.30. The van der Waals surface area contributed by atoms with Crippen LogP contribution in [0.3, 0.4) is 0 Å². The number of amides is 1. The van der Waals surface area contributed by atoms with Crippen LogP contribution in [0.25, 0.3) is 0 Å². The summed E-state index contributed by atoms with van der Waals surface area (Å²) in [6.07, 6.45) is 3.43. The Bertz CT molecular complexity index is 749. The predicted molar refractivity (Wildman–Crippen MR) is 138 cm³/mol. The third-order valence-electron chi connectivity index (χ3n) is 6.83. The van der Waals surface area contributed by atoms with Gasteiger partial charge in [0.15, 0.2) is 0 Å². The minimum Gasteiger partial charge on any atom is -0.342 e. The minimum atomic E-state index is 0.211. The molecule has 4 heteroatoms. The Morgan fingerprint density at radius 3 is 1.55 bits per heavy atom. The van der Waals surface area contributed by atoms with Crippen LogP contribution in [-0.4, -0.2) is 59.9 Å². The van der Waals surface area contributed by atoms with Crippen LogP contribution in [0.5, 0.6) is 0 Å². The molecular weight excluding hydrogens is 406 g/mol. The highest BCUT2D eigenvalue weighted by Crippen LogP contribution is 2.16. The van der Waals surface area contributed by atoms with Gasteiger partial charge in [-0.3, -0.25) is 14.6 Å². The van der Waals surface area contributed by atoms with E-state index in [0.717, 1.165) is 65.2 Å². The summed E-state index contributed by atoms with van der Waals surface area (Å²) in [7, 11) is 0. The lowest BCUT2D eigenvalue weighted by Crippen LogP contribution is -2.39. The molecule has 0 saturated carbocycles. The van der Waals surface area contributed by atoms with E-state index in [0.29, 0.717) is 11.8 Å². The molecule has 1 aliphatic rings. The second-order valence-electron chi connectivity index (χ2n) is 10.1. The van der Waals surface area contributed by atoms with Gasteiger partial charge in [0.05, 0.1) is 0 Å². The lowest BCUT2D eigenvalue weighted by molar-refractivity contribution is -0.130. The minimum absolute atomic E-state index is 0.211. The van der Waals surface area contributed by atoms with Gasteiger partial charge in [0.25, 0.3) is 0 Å². The van der Waals surface area contributed by atoms with Crippen LogP contribution < -0.4 is 0 Å². The molecule has 33 heavy (non-hydrogen) atoms. The SMILES string of the molecule is CC(=O)N1CC(C)CCN(Cc2ccccc2)CCCN(Cc2ccccc2)CCC(C)C1. The fraction of sp³-hybridized carbons (Fsp3) is 0.552. The van der Waals surface area contributed by atoms with Crippen LogP contribution in [0.1, 0.15) is 51.2 Å². The van der Waals surface area contributed by atoms with E-state index in [1.54, 1.807) is 6.92 Å². The number of benzene rings is 2. The van der Waals surface area contributed by atoms with Crippen LogP contribution in [0.4, 0.5) is 0 Å². The van der Waals surface area contributed by atoms with Crippen LogP contribution >= 0.6 is 0 Å². The molecule has 0 spiro atoms. The van der Waals surface area contributed by atoms with Gasteiger partial charge in [-0.15, -0.1) is 0 Å². The van der Waals surface area contributed by atoms with Gasteiger partial charge in [-0.2, -0.15) is 0 Å². The normalized spacial score (nSPS) is 22.6. The molecule has 0 bridgehead atoms. The highest BCUT2D eigenvalue weighted by atomic mass is 16.2. The van der Waals surface area contributed by atoms with E-state index in [1.807, 2.05) is 0 Å². The first-order valence-corrected chi connectivity index (χ1v) is 12.8. The molecule has 3 rings (SSSR count). The molecule has 2 unspecified atom stereocenters.